The van der Waals surface area contributed by atoms with Gasteiger partial charge in [-0.1, -0.05) is 54.6 Å². The highest BCUT2D eigenvalue weighted by atomic mass is 35.5. The quantitative estimate of drug-likeness (QED) is 0.177. The number of carbonyl (C=O) groups excluding carboxylic acids is 1. The average Bonchev–Trinajstić information content (AvgIpc) is 3.45. The Morgan fingerprint density at radius 1 is 1.26 bits per heavy atom. The van der Waals surface area contributed by atoms with Gasteiger partial charge in [0.1, 0.15) is 18.7 Å². The second-order valence-corrected chi connectivity index (χ2v) is 17.4. The number of carboxylic acids is 1. The summed E-state index contributed by atoms with van der Waals surface area (Å²) in [6.07, 6.45) is 1.99. The fraction of sp³-hybridized carbons (Fsp3) is 0.407. The third-order valence-corrected chi connectivity index (χ3v) is 9.14. The van der Waals surface area contributed by atoms with E-state index >= 15 is 0 Å². The van der Waals surface area contributed by atoms with E-state index in [1.807, 2.05) is 6.92 Å². The first kappa shape index (κ1) is 29.1. The van der Waals surface area contributed by atoms with Gasteiger partial charge in [0.25, 0.3) is 5.91 Å². The van der Waals surface area contributed by atoms with Gasteiger partial charge in [-0.3, -0.25) is 4.79 Å². The maximum atomic E-state index is 13.5. The number of nitrogens with zero attached hydrogens (tertiary/aromatic N) is 4. The molecule has 4 rings (SSSR count). The van der Waals surface area contributed by atoms with Crippen molar-refractivity contribution in [3.63, 3.8) is 0 Å². The molecular formula is C27H32Cl2N4O5Si. The zero-order valence-corrected chi connectivity index (χ0v) is 25.0. The summed E-state index contributed by atoms with van der Waals surface area (Å²) >= 11 is 12.2. The van der Waals surface area contributed by atoms with Crippen LogP contribution in [0.3, 0.4) is 0 Å². The third-order valence-electron chi connectivity index (χ3n) is 6.69. The Kier molecular flexibility index (Phi) is 8.70. The van der Waals surface area contributed by atoms with Crippen molar-refractivity contribution >= 4 is 43.2 Å². The zero-order valence-electron chi connectivity index (χ0n) is 22.5. The van der Waals surface area contributed by atoms with Crippen molar-refractivity contribution in [1.29, 1.82) is 0 Å². The maximum Gasteiger partial charge on any atom is 0.331 e. The van der Waals surface area contributed by atoms with Crippen LogP contribution in [0.15, 0.2) is 41.1 Å². The highest BCUT2D eigenvalue weighted by molar-refractivity contribution is 6.76. The van der Waals surface area contributed by atoms with Crippen LogP contribution in [-0.2, 0) is 35.6 Å². The second-order valence-electron chi connectivity index (χ2n) is 11.0. The van der Waals surface area contributed by atoms with Crippen molar-refractivity contribution in [3.05, 3.63) is 69.0 Å². The Bertz CT molecular complexity index is 1410. The molecule has 1 aromatic carbocycles. The molecule has 0 aliphatic carbocycles. The van der Waals surface area contributed by atoms with Crippen LogP contribution in [0.1, 0.15) is 34.1 Å². The fourth-order valence-electron chi connectivity index (χ4n) is 4.43. The Labute approximate surface area is 238 Å². The Hall–Kier alpha value is -2.92. The number of benzene rings is 1. The molecule has 208 valence electrons. The van der Waals surface area contributed by atoms with Crippen LogP contribution in [0.4, 0.5) is 0 Å². The summed E-state index contributed by atoms with van der Waals surface area (Å²) < 4.78 is 13.0. The monoisotopic (exact) mass is 590 g/mol. The van der Waals surface area contributed by atoms with E-state index in [1.165, 1.54) is 6.26 Å². The number of carbonyl (C=O) groups is 2. The Morgan fingerprint density at radius 2 is 2.00 bits per heavy atom. The first-order valence-electron chi connectivity index (χ1n) is 12.6. The molecule has 0 saturated heterocycles. The van der Waals surface area contributed by atoms with Crippen LogP contribution in [0.2, 0.25) is 35.7 Å². The topological polar surface area (TPSA) is 111 Å². The number of halogens is 2. The normalized spacial score (nSPS) is 15.3. The molecule has 0 radical (unpaired) electrons. The van der Waals surface area contributed by atoms with Gasteiger partial charge in [-0.2, -0.15) is 5.10 Å². The molecule has 2 aromatic heterocycles. The van der Waals surface area contributed by atoms with Crippen LogP contribution >= 0.6 is 23.2 Å². The number of aliphatic carboxylic acids is 1. The summed E-state index contributed by atoms with van der Waals surface area (Å²) in [4.78, 5) is 26.8. The summed E-state index contributed by atoms with van der Waals surface area (Å²) in [7, 11) is -1.29. The number of aromatic nitrogens is 3. The van der Waals surface area contributed by atoms with Crippen LogP contribution < -0.4 is 0 Å². The van der Waals surface area contributed by atoms with E-state index in [0.29, 0.717) is 45.6 Å². The van der Waals surface area contributed by atoms with E-state index in [2.05, 4.69) is 31.4 Å². The van der Waals surface area contributed by atoms with Crippen LogP contribution in [-0.4, -0.2) is 57.5 Å². The number of ether oxygens (including phenoxy) is 1. The second kappa shape index (κ2) is 11.7. The predicted molar refractivity (Wildman–Crippen MR) is 152 cm³/mol. The van der Waals surface area contributed by atoms with E-state index in [0.717, 1.165) is 17.3 Å². The number of rotatable bonds is 10. The summed E-state index contributed by atoms with van der Waals surface area (Å²) in [5.41, 5.74) is 3.74. The minimum atomic E-state index is -1.29. The molecule has 39 heavy (non-hydrogen) atoms. The number of hydrogen-bond donors (Lipinski definition) is 1. The molecule has 3 heterocycles. The molecule has 0 spiro atoms. The van der Waals surface area contributed by atoms with E-state index in [-0.39, 0.29) is 37.2 Å². The van der Waals surface area contributed by atoms with Gasteiger partial charge in [0.15, 0.2) is 0 Å². The standard InChI is InChI=1S/C27H32Cl2N4O5Si/c1-16(27(35)36)10-19-14-38-31-24(19)25-20-13-32(26(34)18-6-7-21(28)22(29)12-18)17(2)11-23(20)30-33(25)15-37-8-9-39(3,4)5/h6-7,12,14,17H,1,8-11,13,15H2,2-5H3,(H,35,36)/t17-/m1/s1. The van der Waals surface area contributed by atoms with Crippen LogP contribution in [0.25, 0.3) is 11.4 Å². The molecule has 1 aliphatic heterocycles. The van der Waals surface area contributed by atoms with Gasteiger partial charge in [-0.05, 0) is 31.2 Å². The van der Waals surface area contributed by atoms with Crippen molar-refractivity contribution < 1.29 is 24.0 Å². The molecule has 9 nitrogen and oxygen atoms in total. The van der Waals surface area contributed by atoms with Crippen molar-refractivity contribution in [3.8, 4) is 11.4 Å². The molecule has 1 aliphatic rings. The Balaban J connectivity index is 1.71. The van der Waals surface area contributed by atoms with Gasteiger partial charge in [0.2, 0.25) is 0 Å². The summed E-state index contributed by atoms with van der Waals surface area (Å²) in [5.74, 6) is -1.28. The number of hydrogen-bond acceptors (Lipinski definition) is 6. The van der Waals surface area contributed by atoms with E-state index in [4.69, 9.17) is 37.6 Å². The van der Waals surface area contributed by atoms with Gasteiger partial charge in [-0.25, -0.2) is 9.48 Å². The number of fused-ring (bicyclic) bond motifs is 1. The summed E-state index contributed by atoms with van der Waals surface area (Å²) in [6, 6.07) is 5.70. The van der Waals surface area contributed by atoms with Gasteiger partial charge in [-0.15, -0.1) is 0 Å². The molecule has 1 N–H and O–H groups in total. The molecule has 0 unspecified atom stereocenters. The van der Waals surface area contributed by atoms with E-state index in [9.17, 15) is 14.7 Å². The van der Waals surface area contributed by atoms with Crippen LogP contribution in [0.5, 0.6) is 0 Å². The minimum Gasteiger partial charge on any atom is -0.478 e. The van der Waals surface area contributed by atoms with Gasteiger partial charge < -0.3 is 19.3 Å². The fourth-order valence-corrected chi connectivity index (χ4v) is 5.49. The molecule has 3 aromatic rings. The minimum absolute atomic E-state index is 0.0100. The number of carboxylic acid groups (broad SMARTS) is 1. The largest absolute Gasteiger partial charge is 0.478 e. The molecule has 0 fully saturated rings. The van der Waals surface area contributed by atoms with E-state index < -0.39 is 14.0 Å². The highest BCUT2D eigenvalue weighted by Crippen LogP contribution is 2.35. The molecule has 1 atom stereocenters. The molecule has 12 heteroatoms. The van der Waals surface area contributed by atoms with Gasteiger partial charge in [0.05, 0.1) is 28.0 Å². The predicted octanol–water partition coefficient (Wildman–Crippen LogP) is 5.93. The van der Waals surface area contributed by atoms with Crippen molar-refractivity contribution in [1.82, 2.24) is 19.8 Å². The molecule has 1 amide bonds. The van der Waals surface area contributed by atoms with Gasteiger partial charge in [0, 0.05) is 55.8 Å². The first-order valence-corrected chi connectivity index (χ1v) is 17.1. The van der Waals surface area contributed by atoms with Crippen molar-refractivity contribution in [2.24, 2.45) is 0 Å². The molecule has 0 saturated carbocycles. The lowest BCUT2D eigenvalue weighted by Gasteiger charge is -2.33. The lowest BCUT2D eigenvalue weighted by atomic mass is 9.96. The summed E-state index contributed by atoms with van der Waals surface area (Å²) in [5, 5.41) is 19.1. The van der Waals surface area contributed by atoms with Gasteiger partial charge >= 0.3 is 5.97 Å². The molecular weight excluding hydrogens is 559 g/mol. The third kappa shape index (κ3) is 6.63. The number of amides is 1. The first-order chi connectivity index (χ1) is 18.4. The highest BCUT2D eigenvalue weighted by Gasteiger charge is 2.34. The maximum absolute atomic E-state index is 13.5. The van der Waals surface area contributed by atoms with Crippen molar-refractivity contribution in [2.75, 3.05) is 6.61 Å². The van der Waals surface area contributed by atoms with Crippen molar-refractivity contribution in [2.45, 2.75) is 64.8 Å². The smallest absolute Gasteiger partial charge is 0.331 e. The van der Waals surface area contributed by atoms with Crippen LogP contribution in [0, 0.1) is 0 Å². The zero-order chi connectivity index (χ0) is 28.5. The Morgan fingerprint density at radius 3 is 2.67 bits per heavy atom. The van der Waals surface area contributed by atoms with E-state index in [1.54, 1.807) is 27.8 Å². The lowest BCUT2D eigenvalue weighted by Crippen LogP contribution is -2.42. The SMILES string of the molecule is C=C(Cc1conc1-c1c2c(nn1COCC[Si](C)(C)C)C[C@@H](C)N(C(=O)c1ccc(Cl)c(Cl)c1)C2)C(=O)O. The average molecular weight is 592 g/mol. The lowest BCUT2D eigenvalue weighted by molar-refractivity contribution is -0.132. The summed E-state index contributed by atoms with van der Waals surface area (Å²) in [6.45, 7) is 13.5. The molecule has 0 bridgehead atoms.